The average Bonchev–Trinajstić information content (AvgIpc) is 2.56. The molecule has 0 aromatic rings. The lowest BCUT2D eigenvalue weighted by molar-refractivity contribution is -0.0206. The Kier molecular flexibility index (Phi) is 3.10. The van der Waals surface area contributed by atoms with E-state index in [4.69, 9.17) is 17.0 Å². The predicted molar refractivity (Wildman–Crippen MR) is 48.2 cm³/mol. The van der Waals surface area contributed by atoms with Gasteiger partial charge in [-0.2, -0.15) is 0 Å². The summed E-state index contributed by atoms with van der Waals surface area (Å²) >= 11 is 0. The maximum atomic E-state index is 5.46. The number of nitrogens with two attached hydrogens (primary N) is 1. The van der Waals surface area contributed by atoms with Gasteiger partial charge in [0.15, 0.2) is 0 Å². The highest BCUT2D eigenvalue weighted by Crippen LogP contribution is 2.35. The van der Waals surface area contributed by atoms with Crippen LogP contribution in [0.4, 0.5) is 0 Å². The van der Waals surface area contributed by atoms with Crippen molar-refractivity contribution in [1.82, 2.24) is 5.43 Å². The van der Waals surface area contributed by atoms with Crippen molar-refractivity contribution in [3.63, 3.8) is 0 Å². The molecule has 68 valence electrons. The Morgan fingerprint density at radius 3 is 2.50 bits per heavy atom. The molecule has 0 aromatic carbocycles. The number of hydrogen-bond donors (Lipinski definition) is 2. The van der Waals surface area contributed by atoms with Crippen LogP contribution in [0.1, 0.15) is 25.7 Å². The van der Waals surface area contributed by atoms with Crippen molar-refractivity contribution in [2.24, 2.45) is 5.84 Å². The molecule has 0 heterocycles. The van der Waals surface area contributed by atoms with Gasteiger partial charge in [0, 0.05) is 7.11 Å². The molecule has 0 aromatic heterocycles. The molecule has 1 rings (SSSR count). The van der Waals surface area contributed by atoms with E-state index < -0.39 is 0 Å². The average molecular weight is 168 g/mol. The zero-order chi connectivity index (χ0) is 9.03. The summed E-state index contributed by atoms with van der Waals surface area (Å²) in [6, 6.07) is -0.162. The predicted octanol–water partition coefficient (Wildman–Crippen LogP) is 0.411. The first-order valence-corrected chi connectivity index (χ1v) is 4.26. The Morgan fingerprint density at radius 1 is 1.58 bits per heavy atom. The van der Waals surface area contributed by atoms with E-state index in [0.29, 0.717) is 0 Å². The molecule has 1 atom stereocenters. The summed E-state index contributed by atoms with van der Waals surface area (Å²) in [6.45, 7) is 0. The third kappa shape index (κ3) is 1.46. The van der Waals surface area contributed by atoms with E-state index in [0.717, 1.165) is 12.8 Å². The standard InChI is InChI=1S/C9H16N2O/c1-3-8(11-10)9(12-2)6-4-5-7-9/h1,8,11H,4-7,10H2,2H3. The molecule has 1 aliphatic carbocycles. The fraction of sp³-hybridized carbons (Fsp3) is 0.778. The van der Waals surface area contributed by atoms with Crippen LogP contribution in [0.3, 0.4) is 0 Å². The third-order valence-electron chi connectivity index (χ3n) is 2.72. The van der Waals surface area contributed by atoms with Gasteiger partial charge in [0.25, 0.3) is 0 Å². The number of hydrogen-bond acceptors (Lipinski definition) is 3. The van der Waals surface area contributed by atoms with Gasteiger partial charge in [-0.3, -0.25) is 5.84 Å². The highest BCUT2D eigenvalue weighted by Gasteiger charge is 2.40. The van der Waals surface area contributed by atoms with Crippen molar-refractivity contribution in [2.45, 2.75) is 37.3 Å². The van der Waals surface area contributed by atoms with Crippen molar-refractivity contribution in [1.29, 1.82) is 0 Å². The lowest BCUT2D eigenvalue weighted by Crippen LogP contribution is -2.52. The van der Waals surface area contributed by atoms with Crippen LogP contribution in [-0.2, 0) is 4.74 Å². The van der Waals surface area contributed by atoms with Crippen LogP contribution in [0.5, 0.6) is 0 Å². The van der Waals surface area contributed by atoms with Gasteiger partial charge in [-0.25, -0.2) is 5.43 Å². The Hall–Kier alpha value is -0.560. The van der Waals surface area contributed by atoms with Gasteiger partial charge in [-0.1, -0.05) is 18.8 Å². The first-order valence-electron chi connectivity index (χ1n) is 4.26. The first kappa shape index (κ1) is 9.53. The summed E-state index contributed by atoms with van der Waals surface area (Å²) in [5.74, 6) is 7.98. The molecular formula is C9H16N2O. The molecule has 0 saturated heterocycles. The summed E-state index contributed by atoms with van der Waals surface area (Å²) in [5, 5.41) is 0. The number of ether oxygens (including phenoxy) is 1. The molecule has 1 fully saturated rings. The second-order valence-electron chi connectivity index (χ2n) is 3.24. The molecule has 3 N–H and O–H groups in total. The Bertz CT molecular complexity index is 179. The molecule has 1 aliphatic rings. The lowest BCUT2D eigenvalue weighted by atomic mass is 9.93. The number of methoxy groups -OCH3 is 1. The van der Waals surface area contributed by atoms with Crippen molar-refractivity contribution in [2.75, 3.05) is 7.11 Å². The Balaban J connectivity index is 2.71. The summed E-state index contributed by atoms with van der Waals surface area (Å²) in [5.41, 5.74) is 2.41. The summed E-state index contributed by atoms with van der Waals surface area (Å²) in [6.07, 6.45) is 9.71. The third-order valence-corrected chi connectivity index (χ3v) is 2.72. The minimum atomic E-state index is -0.219. The second kappa shape index (κ2) is 3.90. The normalized spacial score (nSPS) is 23.4. The number of hydrazine groups is 1. The summed E-state index contributed by atoms with van der Waals surface area (Å²) in [4.78, 5) is 0. The maximum absolute atomic E-state index is 5.46. The molecule has 1 unspecified atom stereocenters. The molecule has 1 saturated carbocycles. The van der Waals surface area contributed by atoms with Crippen LogP contribution >= 0.6 is 0 Å². The molecule has 0 radical (unpaired) electrons. The minimum absolute atomic E-state index is 0.162. The molecule has 3 heteroatoms. The van der Waals surface area contributed by atoms with Gasteiger partial charge in [0.05, 0.1) is 5.60 Å². The van der Waals surface area contributed by atoms with Crippen LogP contribution < -0.4 is 11.3 Å². The Labute approximate surface area is 73.6 Å². The summed E-state index contributed by atoms with van der Waals surface area (Å²) < 4.78 is 5.46. The van der Waals surface area contributed by atoms with Crippen molar-refractivity contribution in [3.05, 3.63) is 0 Å². The molecule has 0 bridgehead atoms. The first-order chi connectivity index (χ1) is 5.79. The van der Waals surface area contributed by atoms with E-state index >= 15 is 0 Å². The van der Waals surface area contributed by atoms with Crippen LogP contribution in [0, 0.1) is 12.3 Å². The van der Waals surface area contributed by atoms with Crippen LogP contribution in [0.2, 0.25) is 0 Å². The van der Waals surface area contributed by atoms with E-state index in [-0.39, 0.29) is 11.6 Å². The smallest absolute Gasteiger partial charge is 0.110 e. The topological polar surface area (TPSA) is 47.3 Å². The maximum Gasteiger partial charge on any atom is 0.110 e. The SMILES string of the molecule is C#CC(NN)C1(OC)CCCC1. The van der Waals surface area contributed by atoms with Crippen LogP contribution in [-0.4, -0.2) is 18.8 Å². The van der Waals surface area contributed by atoms with Crippen LogP contribution in [0.25, 0.3) is 0 Å². The molecule has 0 spiro atoms. The zero-order valence-corrected chi connectivity index (χ0v) is 7.47. The summed E-state index contributed by atoms with van der Waals surface area (Å²) in [7, 11) is 1.70. The van der Waals surface area contributed by atoms with Gasteiger partial charge >= 0.3 is 0 Å². The van der Waals surface area contributed by atoms with E-state index in [1.165, 1.54) is 12.8 Å². The van der Waals surface area contributed by atoms with Crippen LogP contribution in [0.15, 0.2) is 0 Å². The highest BCUT2D eigenvalue weighted by molar-refractivity contribution is 5.11. The molecule has 12 heavy (non-hydrogen) atoms. The van der Waals surface area contributed by atoms with Crippen molar-refractivity contribution in [3.8, 4) is 12.3 Å². The van der Waals surface area contributed by atoms with Crippen molar-refractivity contribution < 1.29 is 4.74 Å². The van der Waals surface area contributed by atoms with E-state index in [1.54, 1.807) is 7.11 Å². The van der Waals surface area contributed by atoms with Gasteiger partial charge in [0.1, 0.15) is 6.04 Å². The fourth-order valence-corrected chi connectivity index (χ4v) is 1.94. The Morgan fingerprint density at radius 2 is 2.17 bits per heavy atom. The quantitative estimate of drug-likeness (QED) is 0.364. The second-order valence-corrected chi connectivity index (χ2v) is 3.24. The molecule has 0 aliphatic heterocycles. The molecule has 0 amide bonds. The highest BCUT2D eigenvalue weighted by atomic mass is 16.5. The lowest BCUT2D eigenvalue weighted by Gasteiger charge is -2.32. The van der Waals surface area contributed by atoms with E-state index in [1.807, 2.05) is 0 Å². The van der Waals surface area contributed by atoms with E-state index in [2.05, 4.69) is 11.3 Å². The van der Waals surface area contributed by atoms with Gasteiger partial charge in [-0.15, -0.1) is 6.42 Å². The largest absolute Gasteiger partial charge is 0.376 e. The minimum Gasteiger partial charge on any atom is -0.376 e. The van der Waals surface area contributed by atoms with Gasteiger partial charge in [0.2, 0.25) is 0 Å². The van der Waals surface area contributed by atoms with Gasteiger partial charge < -0.3 is 4.74 Å². The zero-order valence-electron chi connectivity index (χ0n) is 7.47. The fourth-order valence-electron chi connectivity index (χ4n) is 1.94. The van der Waals surface area contributed by atoms with E-state index in [9.17, 15) is 0 Å². The number of rotatable bonds is 3. The monoisotopic (exact) mass is 168 g/mol. The van der Waals surface area contributed by atoms with Crippen molar-refractivity contribution >= 4 is 0 Å². The molecular weight excluding hydrogens is 152 g/mol. The number of nitrogens with one attached hydrogen (secondary N) is 1. The van der Waals surface area contributed by atoms with Gasteiger partial charge in [-0.05, 0) is 12.8 Å². The molecule has 3 nitrogen and oxygen atoms in total. The number of terminal acetylenes is 1.